The lowest BCUT2D eigenvalue weighted by Gasteiger charge is -2.41. The van der Waals surface area contributed by atoms with Crippen molar-refractivity contribution in [2.24, 2.45) is 5.92 Å². The Morgan fingerprint density at radius 3 is 2.60 bits per heavy atom. The molecule has 0 bridgehead atoms. The molecule has 0 saturated carbocycles. The van der Waals surface area contributed by atoms with E-state index in [0.717, 1.165) is 73.0 Å². The zero-order valence-corrected chi connectivity index (χ0v) is 17.0. The summed E-state index contributed by atoms with van der Waals surface area (Å²) in [5.41, 5.74) is 1.95. The molecule has 1 aromatic carbocycles. The van der Waals surface area contributed by atoms with E-state index in [1.54, 1.807) is 19.5 Å². The molecule has 0 spiro atoms. The van der Waals surface area contributed by atoms with Crippen molar-refractivity contribution in [1.29, 1.82) is 5.26 Å². The molecule has 7 heteroatoms. The molecular formula is C23H24N6O. The lowest BCUT2D eigenvalue weighted by Crippen LogP contribution is -2.47. The van der Waals surface area contributed by atoms with E-state index in [1.807, 2.05) is 12.1 Å². The van der Waals surface area contributed by atoms with Crippen LogP contribution >= 0.6 is 0 Å². The van der Waals surface area contributed by atoms with Crippen molar-refractivity contribution in [2.75, 3.05) is 43.1 Å². The fourth-order valence-corrected chi connectivity index (χ4v) is 4.38. The summed E-state index contributed by atoms with van der Waals surface area (Å²) < 4.78 is 5.48. The third-order valence-corrected chi connectivity index (χ3v) is 6.16. The molecule has 2 saturated heterocycles. The third kappa shape index (κ3) is 3.28. The number of anilines is 2. The summed E-state index contributed by atoms with van der Waals surface area (Å²) in [6.45, 7) is 3.47. The molecule has 0 aliphatic carbocycles. The summed E-state index contributed by atoms with van der Waals surface area (Å²) in [6.07, 6.45) is 5.34. The fraction of sp³-hybridized carbons (Fsp3) is 0.391. The molecular weight excluding hydrogens is 376 g/mol. The van der Waals surface area contributed by atoms with Crippen LogP contribution in [0.3, 0.4) is 0 Å². The monoisotopic (exact) mass is 400 g/mol. The van der Waals surface area contributed by atoms with E-state index < -0.39 is 0 Å². The van der Waals surface area contributed by atoms with Gasteiger partial charge in [-0.25, -0.2) is 9.97 Å². The smallest absolute Gasteiger partial charge is 0.150 e. The number of aromatic nitrogens is 3. The lowest BCUT2D eigenvalue weighted by atomic mass is 9.94. The Bertz CT molecular complexity index is 1100. The minimum atomic E-state index is 0.163. The number of rotatable bonds is 4. The fourth-order valence-electron chi connectivity index (χ4n) is 4.38. The molecule has 4 heterocycles. The SMILES string of the molecule is COc1cccc2ccc(N3CC(c4nccnc4N4CCC(C#N)CC4)C3)nc12. The maximum Gasteiger partial charge on any atom is 0.150 e. The Morgan fingerprint density at radius 2 is 1.83 bits per heavy atom. The molecule has 2 aliphatic rings. The van der Waals surface area contributed by atoms with Crippen molar-refractivity contribution < 1.29 is 4.74 Å². The average molecular weight is 400 g/mol. The van der Waals surface area contributed by atoms with Gasteiger partial charge in [-0.15, -0.1) is 0 Å². The minimum absolute atomic E-state index is 0.163. The van der Waals surface area contributed by atoms with Gasteiger partial charge in [0.25, 0.3) is 0 Å². The van der Waals surface area contributed by atoms with Gasteiger partial charge in [0, 0.05) is 55.8 Å². The Labute approximate surface area is 175 Å². The van der Waals surface area contributed by atoms with Gasteiger partial charge in [-0.1, -0.05) is 12.1 Å². The standard InChI is InChI=1S/C23H24N6O/c1-30-19-4-2-3-17-5-6-20(27-21(17)19)29-14-18(15-29)22-23(26-10-9-25-22)28-11-7-16(13-24)8-12-28/h2-6,9-10,16,18H,7-8,11-12,14-15H2,1H3. The highest BCUT2D eigenvalue weighted by molar-refractivity contribution is 5.86. The van der Waals surface area contributed by atoms with E-state index in [2.05, 4.69) is 44.0 Å². The molecule has 7 nitrogen and oxygen atoms in total. The molecule has 5 rings (SSSR count). The van der Waals surface area contributed by atoms with Crippen LogP contribution in [0.4, 0.5) is 11.6 Å². The largest absolute Gasteiger partial charge is 0.494 e. The van der Waals surface area contributed by atoms with Crippen molar-refractivity contribution in [3.05, 3.63) is 48.4 Å². The number of hydrogen-bond donors (Lipinski definition) is 0. The Balaban J connectivity index is 1.33. The van der Waals surface area contributed by atoms with Crippen molar-refractivity contribution in [3.8, 4) is 11.8 Å². The summed E-state index contributed by atoms with van der Waals surface area (Å²) in [5, 5.41) is 10.2. The van der Waals surface area contributed by atoms with Gasteiger partial charge in [0.2, 0.25) is 0 Å². The molecule has 0 atom stereocenters. The minimum Gasteiger partial charge on any atom is -0.494 e. The molecule has 0 unspecified atom stereocenters. The predicted molar refractivity (Wildman–Crippen MR) is 116 cm³/mol. The van der Waals surface area contributed by atoms with Gasteiger partial charge in [0.15, 0.2) is 5.82 Å². The van der Waals surface area contributed by atoms with Gasteiger partial charge < -0.3 is 14.5 Å². The Hall–Kier alpha value is -3.40. The highest BCUT2D eigenvalue weighted by atomic mass is 16.5. The number of nitriles is 1. The van der Waals surface area contributed by atoms with E-state index >= 15 is 0 Å². The second-order valence-corrected chi connectivity index (χ2v) is 7.96. The number of piperidine rings is 1. The number of pyridine rings is 1. The number of benzene rings is 1. The van der Waals surface area contributed by atoms with E-state index in [-0.39, 0.29) is 5.92 Å². The molecule has 0 amide bonds. The number of nitrogens with zero attached hydrogens (tertiary/aromatic N) is 6. The van der Waals surface area contributed by atoms with Gasteiger partial charge in [0.05, 0.1) is 18.9 Å². The van der Waals surface area contributed by atoms with Gasteiger partial charge in [-0.2, -0.15) is 5.26 Å². The number of methoxy groups -OCH3 is 1. The first-order valence-electron chi connectivity index (χ1n) is 10.4. The van der Waals surface area contributed by atoms with E-state index in [4.69, 9.17) is 15.0 Å². The highest BCUT2D eigenvalue weighted by Gasteiger charge is 2.34. The van der Waals surface area contributed by atoms with Crippen molar-refractivity contribution in [1.82, 2.24) is 15.0 Å². The summed E-state index contributed by atoms with van der Waals surface area (Å²) in [4.78, 5) is 18.7. The maximum atomic E-state index is 9.16. The van der Waals surface area contributed by atoms with Gasteiger partial charge in [-0.3, -0.25) is 4.98 Å². The molecule has 3 aromatic rings. The molecule has 0 N–H and O–H groups in total. The molecule has 2 aliphatic heterocycles. The summed E-state index contributed by atoms with van der Waals surface area (Å²) in [6, 6.07) is 12.5. The number of para-hydroxylation sites is 1. The molecule has 2 fully saturated rings. The van der Waals surface area contributed by atoms with E-state index in [0.29, 0.717) is 5.92 Å². The van der Waals surface area contributed by atoms with Crippen LogP contribution in [0.5, 0.6) is 5.75 Å². The van der Waals surface area contributed by atoms with Crippen LogP contribution in [0, 0.1) is 17.2 Å². The summed E-state index contributed by atoms with van der Waals surface area (Å²) in [5.74, 6) is 3.23. The summed E-state index contributed by atoms with van der Waals surface area (Å²) in [7, 11) is 1.68. The van der Waals surface area contributed by atoms with Crippen LogP contribution in [0.15, 0.2) is 42.7 Å². The third-order valence-electron chi connectivity index (χ3n) is 6.16. The van der Waals surface area contributed by atoms with Crippen molar-refractivity contribution in [3.63, 3.8) is 0 Å². The zero-order valence-electron chi connectivity index (χ0n) is 17.0. The zero-order chi connectivity index (χ0) is 20.5. The second kappa shape index (κ2) is 7.79. The first-order valence-corrected chi connectivity index (χ1v) is 10.4. The number of hydrogen-bond acceptors (Lipinski definition) is 7. The van der Waals surface area contributed by atoms with Gasteiger partial charge in [0.1, 0.15) is 17.1 Å². The summed E-state index contributed by atoms with van der Waals surface area (Å²) >= 11 is 0. The molecule has 30 heavy (non-hydrogen) atoms. The van der Waals surface area contributed by atoms with Crippen LogP contribution in [-0.4, -0.2) is 48.2 Å². The van der Waals surface area contributed by atoms with Crippen LogP contribution in [0.2, 0.25) is 0 Å². The number of ether oxygens (including phenoxy) is 1. The van der Waals surface area contributed by atoms with Crippen LogP contribution in [0.25, 0.3) is 10.9 Å². The van der Waals surface area contributed by atoms with Crippen LogP contribution in [0.1, 0.15) is 24.5 Å². The van der Waals surface area contributed by atoms with Crippen LogP contribution in [-0.2, 0) is 0 Å². The predicted octanol–water partition coefficient (Wildman–Crippen LogP) is 3.38. The number of fused-ring (bicyclic) bond motifs is 1. The Morgan fingerprint density at radius 1 is 1.03 bits per heavy atom. The molecule has 2 aromatic heterocycles. The van der Waals surface area contributed by atoms with Crippen molar-refractivity contribution in [2.45, 2.75) is 18.8 Å². The highest BCUT2D eigenvalue weighted by Crippen LogP contribution is 2.36. The average Bonchev–Trinajstić information content (AvgIpc) is 2.78. The van der Waals surface area contributed by atoms with Crippen molar-refractivity contribution >= 4 is 22.5 Å². The molecule has 152 valence electrons. The van der Waals surface area contributed by atoms with E-state index in [9.17, 15) is 0 Å². The van der Waals surface area contributed by atoms with Gasteiger partial charge in [-0.05, 0) is 31.0 Å². The first kappa shape index (κ1) is 18.6. The maximum absolute atomic E-state index is 9.16. The Kier molecular flexibility index (Phi) is 4.83. The van der Waals surface area contributed by atoms with Crippen LogP contribution < -0.4 is 14.5 Å². The second-order valence-electron chi connectivity index (χ2n) is 7.96. The van der Waals surface area contributed by atoms with Gasteiger partial charge >= 0.3 is 0 Å². The topological polar surface area (TPSA) is 78.2 Å². The normalized spacial score (nSPS) is 17.6. The van der Waals surface area contributed by atoms with E-state index in [1.165, 1.54) is 0 Å². The molecule has 0 radical (unpaired) electrons. The first-order chi connectivity index (χ1) is 14.8. The lowest BCUT2D eigenvalue weighted by molar-refractivity contribution is 0.418. The quantitative estimate of drug-likeness (QED) is 0.664.